The first-order chi connectivity index (χ1) is 7.93. The first-order valence-electron chi connectivity index (χ1n) is 5.10. The topological polar surface area (TPSA) is 86.6 Å². The van der Waals surface area contributed by atoms with Crippen molar-refractivity contribution in [3.8, 4) is 0 Å². The standard InChI is InChI=1S/C10H13NO2.C2H4O2/c1-8(12)11-7-10(13)9-5-3-2-4-6-9;1-2(3)4/h2-6,10,13H,7H2,1H3,(H,11,12);1H3,(H,3,4). The van der Waals surface area contributed by atoms with Gasteiger partial charge in [0.1, 0.15) is 0 Å². The van der Waals surface area contributed by atoms with Crippen LogP contribution in [0.2, 0.25) is 0 Å². The van der Waals surface area contributed by atoms with Gasteiger partial charge in [-0.25, -0.2) is 0 Å². The highest BCUT2D eigenvalue weighted by atomic mass is 16.4. The molecule has 5 heteroatoms. The average molecular weight is 239 g/mol. The van der Waals surface area contributed by atoms with Crippen LogP contribution < -0.4 is 5.32 Å². The minimum Gasteiger partial charge on any atom is -0.481 e. The highest BCUT2D eigenvalue weighted by Gasteiger charge is 2.05. The van der Waals surface area contributed by atoms with E-state index in [9.17, 15) is 9.90 Å². The Hall–Kier alpha value is -1.88. The molecule has 0 saturated heterocycles. The molecule has 5 nitrogen and oxygen atoms in total. The molecule has 0 aliphatic rings. The van der Waals surface area contributed by atoms with Crippen molar-refractivity contribution >= 4 is 11.9 Å². The molecule has 0 saturated carbocycles. The molecule has 0 spiro atoms. The monoisotopic (exact) mass is 239 g/mol. The van der Waals surface area contributed by atoms with E-state index in [2.05, 4.69) is 5.32 Å². The Morgan fingerprint density at radius 2 is 1.71 bits per heavy atom. The van der Waals surface area contributed by atoms with Crippen LogP contribution in [-0.4, -0.2) is 28.6 Å². The summed E-state index contributed by atoms with van der Waals surface area (Å²) in [5.41, 5.74) is 0.816. The largest absolute Gasteiger partial charge is 0.481 e. The van der Waals surface area contributed by atoms with E-state index in [-0.39, 0.29) is 12.5 Å². The van der Waals surface area contributed by atoms with Gasteiger partial charge in [-0.1, -0.05) is 30.3 Å². The maximum atomic E-state index is 10.6. The van der Waals surface area contributed by atoms with Gasteiger partial charge < -0.3 is 15.5 Å². The average Bonchev–Trinajstić information content (AvgIpc) is 2.26. The predicted molar refractivity (Wildman–Crippen MR) is 63.4 cm³/mol. The summed E-state index contributed by atoms with van der Waals surface area (Å²) in [5.74, 6) is -0.963. The molecule has 0 aliphatic heterocycles. The summed E-state index contributed by atoms with van der Waals surface area (Å²) < 4.78 is 0. The number of carboxylic acids is 1. The lowest BCUT2D eigenvalue weighted by Crippen LogP contribution is -2.25. The van der Waals surface area contributed by atoms with Crippen molar-refractivity contribution in [3.05, 3.63) is 35.9 Å². The van der Waals surface area contributed by atoms with E-state index in [0.29, 0.717) is 0 Å². The van der Waals surface area contributed by atoms with Gasteiger partial charge in [-0.2, -0.15) is 0 Å². The van der Waals surface area contributed by atoms with Crippen LogP contribution in [-0.2, 0) is 9.59 Å². The van der Waals surface area contributed by atoms with E-state index in [1.165, 1.54) is 6.92 Å². The van der Waals surface area contributed by atoms with Crippen LogP contribution >= 0.6 is 0 Å². The molecular weight excluding hydrogens is 222 g/mol. The van der Waals surface area contributed by atoms with Gasteiger partial charge >= 0.3 is 0 Å². The fourth-order valence-corrected chi connectivity index (χ4v) is 1.03. The SMILES string of the molecule is CC(=O)NCC(O)c1ccccc1.CC(=O)O. The van der Waals surface area contributed by atoms with Gasteiger partial charge in [0.15, 0.2) is 0 Å². The fraction of sp³-hybridized carbons (Fsp3) is 0.333. The number of carbonyl (C=O) groups is 2. The van der Waals surface area contributed by atoms with Crippen molar-refractivity contribution in [3.63, 3.8) is 0 Å². The molecular formula is C12H17NO4. The Morgan fingerprint density at radius 3 is 2.12 bits per heavy atom. The van der Waals surface area contributed by atoms with Gasteiger partial charge in [-0.15, -0.1) is 0 Å². The minimum atomic E-state index is -0.833. The summed E-state index contributed by atoms with van der Waals surface area (Å²) >= 11 is 0. The third-order valence-electron chi connectivity index (χ3n) is 1.73. The number of nitrogens with one attached hydrogen (secondary N) is 1. The molecule has 1 atom stereocenters. The number of hydrogen-bond acceptors (Lipinski definition) is 3. The summed E-state index contributed by atoms with van der Waals surface area (Å²) in [6, 6.07) is 9.24. The minimum absolute atomic E-state index is 0.130. The van der Waals surface area contributed by atoms with Crippen molar-refractivity contribution in [2.75, 3.05) is 6.54 Å². The Kier molecular flexibility index (Phi) is 7.38. The predicted octanol–water partition coefficient (Wildman–Crippen LogP) is 0.947. The number of carboxylic acid groups (broad SMARTS) is 1. The number of aliphatic hydroxyl groups is 1. The van der Waals surface area contributed by atoms with Crippen LogP contribution in [0.3, 0.4) is 0 Å². The van der Waals surface area contributed by atoms with E-state index in [0.717, 1.165) is 12.5 Å². The van der Waals surface area contributed by atoms with Crippen molar-refractivity contribution in [1.82, 2.24) is 5.32 Å². The van der Waals surface area contributed by atoms with Crippen LogP contribution in [0, 0.1) is 0 Å². The lowest BCUT2D eigenvalue weighted by Gasteiger charge is -2.10. The van der Waals surface area contributed by atoms with Gasteiger partial charge in [0.2, 0.25) is 5.91 Å². The Morgan fingerprint density at radius 1 is 1.24 bits per heavy atom. The molecule has 94 valence electrons. The maximum absolute atomic E-state index is 10.6. The highest BCUT2D eigenvalue weighted by Crippen LogP contribution is 2.09. The lowest BCUT2D eigenvalue weighted by molar-refractivity contribution is -0.134. The van der Waals surface area contributed by atoms with E-state index in [1.54, 1.807) is 0 Å². The third-order valence-corrected chi connectivity index (χ3v) is 1.73. The molecule has 1 amide bonds. The second-order valence-corrected chi connectivity index (χ2v) is 3.38. The number of hydrogen-bond donors (Lipinski definition) is 3. The molecule has 1 unspecified atom stereocenters. The second-order valence-electron chi connectivity index (χ2n) is 3.38. The lowest BCUT2D eigenvalue weighted by atomic mass is 10.1. The molecule has 0 bridgehead atoms. The van der Waals surface area contributed by atoms with Crippen LogP contribution in [0.25, 0.3) is 0 Å². The summed E-state index contributed by atoms with van der Waals surface area (Å²) in [7, 11) is 0. The normalized spacial score (nSPS) is 10.8. The number of carbonyl (C=O) groups excluding carboxylic acids is 1. The fourth-order valence-electron chi connectivity index (χ4n) is 1.03. The number of rotatable bonds is 3. The Labute approximate surface area is 100 Å². The smallest absolute Gasteiger partial charge is 0.300 e. The molecule has 0 radical (unpaired) electrons. The molecule has 1 aromatic rings. The van der Waals surface area contributed by atoms with Gasteiger partial charge in [0.05, 0.1) is 6.10 Å². The van der Waals surface area contributed by atoms with E-state index >= 15 is 0 Å². The number of benzene rings is 1. The maximum Gasteiger partial charge on any atom is 0.300 e. The quantitative estimate of drug-likeness (QED) is 0.732. The van der Waals surface area contributed by atoms with E-state index < -0.39 is 12.1 Å². The van der Waals surface area contributed by atoms with E-state index in [4.69, 9.17) is 9.90 Å². The van der Waals surface area contributed by atoms with Crippen LogP contribution in [0.5, 0.6) is 0 Å². The summed E-state index contributed by atoms with van der Waals surface area (Å²) in [6.45, 7) is 2.77. The molecule has 0 heterocycles. The van der Waals surface area contributed by atoms with Crippen molar-refractivity contribution in [2.24, 2.45) is 0 Å². The first-order valence-corrected chi connectivity index (χ1v) is 5.10. The number of amides is 1. The zero-order valence-electron chi connectivity index (χ0n) is 9.88. The Bertz CT molecular complexity index is 347. The second kappa shape index (κ2) is 8.29. The number of aliphatic hydroxyl groups excluding tert-OH is 1. The van der Waals surface area contributed by atoms with E-state index in [1.807, 2.05) is 30.3 Å². The van der Waals surface area contributed by atoms with Crippen molar-refractivity contribution in [1.29, 1.82) is 0 Å². The molecule has 0 aromatic heterocycles. The zero-order chi connectivity index (χ0) is 13.3. The summed E-state index contributed by atoms with van der Waals surface area (Å²) in [4.78, 5) is 19.6. The van der Waals surface area contributed by atoms with Gasteiger partial charge in [-0.05, 0) is 5.56 Å². The molecule has 1 rings (SSSR count). The van der Waals surface area contributed by atoms with Crippen LogP contribution in [0.15, 0.2) is 30.3 Å². The number of aliphatic carboxylic acids is 1. The van der Waals surface area contributed by atoms with Crippen LogP contribution in [0.1, 0.15) is 25.5 Å². The third kappa shape index (κ3) is 9.07. The summed E-state index contributed by atoms with van der Waals surface area (Å²) in [5, 5.41) is 19.5. The molecule has 0 fully saturated rings. The van der Waals surface area contributed by atoms with Crippen molar-refractivity contribution < 1.29 is 19.8 Å². The zero-order valence-corrected chi connectivity index (χ0v) is 9.88. The highest BCUT2D eigenvalue weighted by molar-refractivity contribution is 5.72. The Balaban J connectivity index is 0.000000557. The molecule has 3 N–H and O–H groups in total. The van der Waals surface area contributed by atoms with Gasteiger partial charge in [-0.3, -0.25) is 9.59 Å². The van der Waals surface area contributed by atoms with Gasteiger partial charge in [0.25, 0.3) is 5.97 Å². The molecule has 1 aromatic carbocycles. The molecule has 17 heavy (non-hydrogen) atoms. The molecule has 0 aliphatic carbocycles. The van der Waals surface area contributed by atoms with Crippen molar-refractivity contribution in [2.45, 2.75) is 20.0 Å². The first kappa shape index (κ1) is 15.1. The summed E-state index contributed by atoms with van der Waals surface area (Å²) in [6.07, 6.45) is -0.620. The van der Waals surface area contributed by atoms with Gasteiger partial charge in [0, 0.05) is 20.4 Å². The van der Waals surface area contributed by atoms with Crippen LogP contribution in [0.4, 0.5) is 0 Å².